The molecule has 3 heteroatoms. The Morgan fingerprint density at radius 1 is 1.36 bits per heavy atom. The van der Waals surface area contributed by atoms with E-state index in [0.29, 0.717) is 0 Å². The van der Waals surface area contributed by atoms with Gasteiger partial charge in [-0.2, -0.15) is 0 Å². The van der Waals surface area contributed by atoms with Crippen molar-refractivity contribution in [2.45, 2.75) is 26.4 Å². The number of rotatable bonds is 3. The van der Waals surface area contributed by atoms with Crippen LogP contribution in [0.25, 0.3) is 0 Å². The predicted molar refractivity (Wildman–Crippen MR) is 54.0 cm³/mol. The van der Waals surface area contributed by atoms with E-state index in [1.54, 1.807) is 12.2 Å². The number of aliphatic hydroxyl groups is 1. The van der Waals surface area contributed by atoms with Crippen molar-refractivity contribution < 1.29 is 14.6 Å². The molecule has 0 aromatic carbocycles. The Kier molecular flexibility index (Phi) is 3.24. The normalized spacial score (nSPS) is 20.4. The number of ketones is 1. The molecule has 1 aliphatic rings. The topological polar surface area (TPSA) is 46.5 Å². The van der Waals surface area contributed by atoms with Crippen LogP contribution in [0.1, 0.15) is 20.8 Å². The molecule has 0 radical (unpaired) electrons. The average Bonchev–Trinajstić information content (AvgIpc) is 2.11. The average molecular weight is 196 g/mol. The number of aliphatic hydroxyl groups excluding tert-OH is 1. The molecule has 3 nitrogen and oxygen atoms in total. The van der Waals surface area contributed by atoms with Crippen LogP contribution >= 0.6 is 0 Å². The van der Waals surface area contributed by atoms with E-state index in [2.05, 4.69) is 0 Å². The molecule has 0 atom stereocenters. The Labute approximate surface area is 84.1 Å². The lowest BCUT2D eigenvalue weighted by molar-refractivity contribution is -0.111. The largest absolute Gasteiger partial charge is 0.394 e. The smallest absolute Gasteiger partial charge is 0.178 e. The van der Waals surface area contributed by atoms with Gasteiger partial charge in [0.15, 0.2) is 5.78 Å². The highest BCUT2D eigenvalue weighted by atomic mass is 16.5. The Bertz CT molecular complexity index is 278. The van der Waals surface area contributed by atoms with Crippen LogP contribution in [0.3, 0.4) is 0 Å². The van der Waals surface area contributed by atoms with Gasteiger partial charge in [0.05, 0.1) is 13.2 Å². The molecule has 0 heterocycles. The Morgan fingerprint density at radius 3 is 2.29 bits per heavy atom. The first-order valence-corrected chi connectivity index (χ1v) is 4.67. The van der Waals surface area contributed by atoms with Gasteiger partial charge in [-0.3, -0.25) is 4.79 Å². The predicted octanol–water partition coefficient (Wildman–Crippen LogP) is 1.23. The van der Waals surface area contributed by atoms with E-state index < -0.39 is 5.60 Å². The molecule has 1 aliphatic carbocycles. The van der Waals surface area contributed by atoms with Gasteiger partial charge in [0.25, 0.3) is 0 Å². The summed E-state index contributed by atoms with van der Waals surface area (Å²) in [5.41, 5.74) is 1.24. The van der Waals surface area contributed by atoms with Gasteiger partial charge in [-0.15, -0.1) is 0 Å². The van der Waals surface area contributed by atoms with Crippen LogP contribution in [-0.2, 0) is 9.53 Å². The van der Waals surface area contributed by atoms with Crippen LogP contribution < -0.4 is 0 Å². The number of ether oxygens (including phenoxy) is 1. The third-order valence-electron chi connectivity index (χ3n) is 2.70. The van der Waals surface area contributed by atoms with Crippen molar-refractivity contribution >= 4 is 5.78 Å². The maximum absolute atomic E-state index is 11.2. The molecule has 0 fully saturated rings. The van der Waals surface area contributed by atoms with Crippen molar-refractivity contribution in [1.82, 2.24) is 0 Å². The van der Waals surface area contributed by atoms with Crippen LogP contribution in [-0.4, -0.2) is 29.7 Å². The van der Waals surface area contributed by atoms with Crippen molar-refractivity contribution in [2.24, 2.45) is 0 Å². The van der Waals surface area contributed by atoms with E-state index in [1.807, 2.05) is 20.8 Å². The second kappa shape index (κ2) is 4.07. The van der Waals surface area contributed by atoms with Gasteiger partial charge in [0.2, 0.25) is 0 Å². The molecule has 0 saturated carbocycles. The lowest BCUT2D eigenvalue weighted by atomic mass is 9.84. The highest BCUT2D eigenvalue weighted by molar-refractivity contribution is 6.02. The van der Waals surface area contributed by atoms with Crippen molar-refractivity contribution in [3.8, 4) is 0 Å². The third kappa shape index (κ3) is 1.94. The summed E-state index contributed by atoms with van der Waals surface area (Å²) in [6.07, 6.45) is 3.15. The highest BCUT2D eigenvalue weighted by Gasteiger charge is 2.32. The zero-order valence-corrected chi connectivity index (χ0v) is 8.83. The summed E-state index contributed by atoms with van der Waals surface area (Å²) in [7, 11) is 0. The first-order chi connectivity index (χ1) is 6.50. The van der Waals surface area contributed by atoms with Gasteiger partial charge < -0.3 is 9.84 Å². The van der Waals surface area contributed by atoms with Gasteiger partial charge in [0.1, 0.15) is 5.60 Å². The molecule has 0 aliphatic heterocycles. The molecule has 0 aromatic rings. The van der Waals surface area contributed by atoms with Crippen LogP contribution in [0.4, 0.5) is 0 Å². The molecule has 0 amide bonds. The highest BCUT2D eigenvalue weighted by Crippen LogP contribution is 2.32. The maximum Gasteiger partial charge on any atom is 0.178 e. The molecular weight excluding hydrogens is 180 g/mol. The van der Waals surface area contributed by atoms with Gasteiger partial charge in [-0.25, -0.2) is 0 Å². The van der Waals surface area contributed by atoms with Crippen molar-refractivity contribution in [1.29, 1.82) is 0 Å². The van der Waals surface area contributed by atoms with E-state index in [0.717, 1.165) is 11.1 Å². The Balaban J connectivity index is 2.90. The Hall–Kier alpha value is -0.930. The lowest BCUT2D eigenvalue weighted by Crippen LogP contribution is -2.35. The third-order valence-corrected chi connectivity index (χ3v) is 2.70. The Morgan fingerprint density at radius 2 is 1.86 bits per heavy atom. The summed E-state index contributed by atoms with van der Waals surface area (Å²) in [5, 5.41) is 8.70. The van der Waals surface area contributed by atoms with E-state index in [1.165, 1.54) is 0 Å². The van der Waals surface area contributed by atoms with Gasteiger partial charge >= 0.3 is 0 Å². The number of hydrogen-bond acceptors (Lipinski definition) is 3. The van der Waals surface area contributed by atoms with E-state index >= 15 is 0 Å². The van der Waals surface area contributed by atoms with Gasteiger partial charge in [0, 0.05) is 0 Å². The number of carbonyl (C=O) groups excluding carboxylic acids is 1. The zero-order chi connectivity index (χ0) is 10.8. The SMILES string of the molecule is CC1=CC(=O)C=C(C)C1(C)OCCO. The first-order valence-electron chi connectivity index (χ1n) is 4.67. The fraction of sp³-hybridized carbons (Fsp3) is 0.545. The fourth-order valence-corrected chi connectivity index (χ4v) is 1.53. The van der Waals surface area contributed by atoms with Crippen molar-refractivity contribution in [3.05, 3.63) is 23.3 Å². The summed E-state index contributed by atoms with van der Waals surface area (Å²) in [6, 6.07) is 0. The van der Waals surface area contributed by atoms with Crippen molar-refractivity contribution in [2.75, 3.05) is 13.2 Å². The second-order valence-corrected chi connectivity index (χ2v) is 3.66. The van der Waals surface area contributed by atoms with E-state index in [-0.39, 0.29) is 19.0 Å². The molecular formula is C11H16O3. The fourth-order valence-electron chi connectivity index (χ4n) is 1.53. The molecule has 0 spiro atoms. The van der Waals surface area contributed by atoms with E-state index in [4.69, 9.17) is 9.84 Å². The molecule has 1 N–H and O–H groups in total. The summed E-state index contributed by atoms with van der Waals surface area (Å²) in [6.45, 7) is 5.91. The number of allylic oxidation sites excluding steroid dienone is 2. The monoisotopic (exact) mass is 196 g/mol. The number of hydrogen-bond donors (Lipinski definition) is 1. The minimum absolute atomic E-state index is 0.00470. The minimum atomic E-state index is -0.531. The number of carbonyl (C=O) groups is 1. The quantitative estimate of drug-likeness (QED) is 0.738. The minimum Gasteiger partial charge on any atom is -0.394 e. The maximum atomic E-state index is 11.2. The van der Waals surface area contributed by atoms with Gasteiger partial charge in [-0.1, -0.05) is 0 Å². The van der Waals surface area contributed by atoms with Gasteiger partial charge in [-0.05, 0) is 44.1 Å². The molecule has 0 bridgehead atoms. The summed E-state index contributed by atoms with van der Waals surface area (Å²) >= 11 is 0. The first kappa shape index (κ1) is 11.1. The lowest BCUT2D eigenvalue weighted by Gasteiger charge is -2.33. The molecule has 0 unspecified atom stereocenters. The molecule has 78 valence electrons. The standard InChI is InChI=1S/C11H16O3/c1-8-6-10(13)7-9(2)11(8,3)14-5-4-12/h6-7,12H,4-5H2,1-3H3. The van der Waals surface area contributed by atoms with Crippen molar-refractivity contribution in [3.63, 3.8) is 0 Å². The molecule has 1 rings (SSSR count). The van der Waals surface area contributed by atoms with Crippen LogP contribution in [0, 0.1) is 0 Å². The zero-order valence-electron chi connectivity index (χ0n) is 8.83. The molecule has 14 heavy (non-hydrogen) atoms. The van der Waals surface area contributed by atoms with Crippen LogP contribution in [0.15, 0.2) is 23.3 Å². The summed E-state index contributed by atoms with van der Waals surface area (Å²) < 4.78 is 5.55. The second-order valence-electron chi connectivity index (χ2n) is 3.66. The van der Waals surface area contributed by atoms with Crippen LogP contribution in [0.2, 0.25) is 0 Å². The van der Waals surface area contributed by atoms with E-state index in [9.17, 15) is 4.79 Å². The summed E-state index contributed by atoms with van der Waals surface area (Å²) in [5.74, 6) is 0.00470. The summed E-state index contributed by atoms with van der Waals surface area (Å²) in [4.78, 5) is 11.2. The van der Waals surface area contributed by atoms with Crippen LogP contribution in [0.5, 0.6) is 0 Å². The molecule has 0 aromatic heterocycles. The molecule has 0 saturated heterocycles.